The number of halogens is 1. The lowest BCUT2D eigenvalue weighted by atomic mass is 10.0. The number of piperidine rings is 1. The minimum atomic E-state index is -0.459. The molecule has 0 aromatic heterocycles. The predicted octanol–water partition coefficient (Wildman–Crippen LogP) is 3.24. The van der Waals surface area contributed by atoms with Crippen molar-refractivity contribution >= 4 is 11.7 Å². The van der Waals surface area contributed by atoms with Gasteiger partial charge in [0, 0.05) is 18.7 Å². The van der Waals surface area contributed by atoms with Crippen LogP contribution in [-0.4, -0.2) is 30.6 Å². The zero-order chi connectivity index (χ0) is 13.8. The Morgan fingerprint density at radius 3 is 2.95 bits per heavy atom. The van der Waals surface area contributed by atoms with Gasteiger partial charge in [0.25, 0.3) is 0 Å². The van der Waals surface area contributed by atoms with Crippen molar-refractivity contribution in [2.24, 2.45) is 0 Å². The summed E-state index contributed by atoms with van der Waals surface area (Å²) in [6.07, 6.45) is 3.13. The summed E-state index contributed by atoms with van der Waals surface area (Å²) < 4.78 is 18.7. The average Bonchev–Trinajstić information content (AvgIpc) is 2.41. The molecule has 0 bridgehead atoms. The molecule has 1 atom stereocenters. The molecule has 19 heavy (non-hydrogen) atoms. The van der Waals surface area contributed by atoms with Crippen molar-refractivity contribution in [1.82, 2.24) is 4.90 Å². The first-order valence-electron chi connectivity index (χ1n) is 6.53. The number of anilines is 1. The van der Waals surface area contributed by atoms with Gasteiger partial charge in [-0.25, -0.2) is 9.18 Å². The maximum Gasteiger partial charge on any atom is 0.322 e. The number of ether oxygens (including phenoxy) is 1. The van der Waals surface area contributed by atoms with Gasteiger partial charge >= 0.3 is 6.03 Å². The second kappa shape index (κ2) is 5.91. The second-order valence-electron chi connectivity index (χ2n) is 4.81. The number of urea groups is 1. The van der Waals surface area contributed by atoms with E-state index in [0.29, 0.717) is 5.75 Å². The highest BCUT2D eigenvalue weighted by Crippen LogP contribution is 2.23. The van der Waals surface area contributed by atoms with E-state index in [1.165, 1.54) is 25.3 Å². The minimum Gasteiger partial charge on any atom is -0.497 e. The van der Waals surface area contributed by atoms with Crippen LogP contribution in [0.3, 0.4) is 0 Å². The van der Waals surface area contributed by atoms with Gasteiger partial charge in [0.05, 0.1) is 12.8 Å². The van der Waals surface area contributed by atoms with E-state index in [4.69, 9.17) is 4.74 Å². The highest BCUT2D eigenvalue weighted by molar-refractivity contribution is 5.90. The summed E-state index contributed by atoms with van der Waals surface area (Å²) in [5.41, 5.74) is 0.155. The Morgan fingerprint density at radius 1 is 1.47 bits per heavy atom. The van der Waals surface area contributed by atoms with Crippen LogP contribution < -0.4 is 10.1 Å². The molecule has 2 amide bonds. The van der Waals surface area contributed by atoms with Crippen molar-refractivity contribution in [2.45, 2.75) is 32.2 Å². The summed E-state index contributed by atoms with van der Waals surface area (Å²) in [6.45, 7) is 2.74. The van der Waals surface area contributed by atoms with Crippen LogP contribution in [0.2, 0.25) is 0 Å². The van der Waals surface area contributed by atoms with Gasteiger partial charge in [-0.3, -0.25) is 0 Å². The van der Waals surface area contributed by atoms with Crippen LogP contribution in [0.5, 0.6) is 5.75 Å². The molecule has 1 aromatic rings. The molecule has 4 nitrogen and oxygen atoms in total. The molecule has 1 aromatic carbocycles. The third kappa shape index (κ3) is 3.16. The lowest BCUT2D eigenvalue weighted by molar-refractivity contribution is 0.170. The normalized spacial score (nSPS) is 19.1. The molecule has 5 heteroatoms. The van der Waals surface area contributed by atoms with Crippen LogP contribution >= 0.6 is 0 Å². The highest BCUT2D eigenvalue weighted by atomic mass is 19.1. The summed E-state index contributed by atoms with van der Waals surface area (Å²) in [7, 11) is 1.51. The van der Waals surface area contributed by atoms with Crippen molar-refractivity contribution < 1.29 is 13.9 Å². The Morgan fingerprint density at radius 2 is 2.26 bits per heavy atom. The molecule has 0 aliphatic carbocycles. The zero-order valence-electron chi connectivity index (χ0n) is 11.3. The molecule has 1 heterocycles. The molecule has 0 radical (unpaired) electrons. The topological polar surface area (TPSA) is 41.6 Å². The van der Waals surface area contributed by atoms with Crippen LogP contribution in [0.1, 0.15) is 26.2 Å². The van der Waals surface area contributed by atoms with Gasteiger partial charge in [0.2, 0.25) is 0 Å². The van der Waals surface area contributed by atoms with Crippen molar-refractivity contribution in [3.8, 4) is 5.75 Å². The van der Waals surface area contributed by atoms with Crippen molar-refractivity contribution in [1.29, 1.82) is 0 Å². The van der Waals surface area contributed by atoms with Gasteiger partial charge in [0.15, 0.2) is 0 Å². The third-order valence-corrected chi connectivity index (χ3v) is 3.48. The fraction of sp³-hybridized carbons (Fsp3) is 0.500. The molecule has 1 fully saturated rings. The van der Waals surface area contributed by atoms with Gasteiger partial charge in [-0.2, -0.15) is 0 Å². The number of benzene rings is 1. The predicted molar refractivity (Wildman–Crippen MR) is 72.0 cm³/mol. The Bertz CT molecular complexity index is 465. The van der Waals surface area contributed by atoms with E-state index in [-0.39, 0.29) is 17.8 Å². The van der Waals surface area contributed by atoms with Gasteiger partial charge in [0.1, 0.15) is 11.6 Å². The quantitative estimate of drug-likeness (QED) is 0.892. The number of carbonyl (C=O) groups excluding carboxylic acids is 1. The zero-order valence-corrected chi connectivity index (χ0v) is 11.3. The van der Waals surface area contributed by atoms with Crippen LogP contribution in [-0.2, 0) is 0 Å². The van der Waals surface area contributed by atoms with Crippen molar-refractivity contribution in [3.63, 3.8) is 0 Å². The fourth-order valence-electron chi connectivity index (χ4n) is 2.31. The standard InChI is InChI=1S/C14H19FN2O2/c1-10-5-3-4-8-17(10)14(18)16-13-9-11(19-2)6-7-12(13)15/h6-7,9-10H,3-5,8H2,1-2H3,(H,16,18). The summed E-state index contributed by atoms with van der Waals surface area (Å²) in [6, 6.07) is 4.24. The maximum atomic E-state index is 13.6. The Kier molecular flexibility index (Phi) is 4.24. The SMILES string of the molecule is COc1ccc(F)c(NC(=O)N2CCCCC2C)c1. The first-order valence-corrected chi connectivity index (χ1v) is 6.53. The molecular formula is C14H19FN2O2. The number of hydrogen-bond donors (Lipinski definition) is 1. The first-order chi connectivity index (χ1) is 9.11. The first kappa shape index (κ1) is 13.6. The number of hydrogen-bond acceptors (Lipinski definition) is 2. The molecule has 1 N–H and O–H groups in total. The molecule has 1 aliphatic heterocycles. The van der Waals surface area contributed by atoms with Gasteiger partial charge in [-0.05, 0) is 38.3 Å². The second-order valence-corrected chi connectivity index (χ2v) is 4.81. The van der Waals surface area contributed by atoms with E-state index in [0.717, 1.165) is 25.8 Å². The van der Waals surface area contributed by atoms with E-state index < -0.39 is 5.82 Å². The number of nitrogens with zero attached hydrogens (tertiary/aromatic N) is 1. The van der Waals surface area contributed by atoms with E-state index in [2.05, 4.69) is 5.32 Å². The van der Waals surface area contributed by atoms with E-state index in [9.17, 15) is 9.18 Å². The van der Waals surface area contributed by atoms with Crippen LogP contribution in [0.25, 0.3) is 0 Å². The minimum absolute atomic E-state index is 0.155. The molecule has 1 saturated heterocycles. The number of carbonyl (C=O) groups is 1. The smallest absolute Gasteiger partial charge is 0.322 e. The summed E-state index contributed by atoms with van der Waals surface area (Å²) in [5.74, 6) is 0.0576. The molecule has 0 saturated carbocycles. The summed E-state index contributed by atoms with van der Waals surface area (Å²) in [5, 5.41) is 2.62. The molecule has 2 rings (SSSR count). The van der Waals surface area contributed by atoms with Gasteiger partial charge < -0.3 is 15.0 Å². The Labute approximate surface area is 112 Å². The molecule has 0 spiro atoms. The van der Waals surface area contributed by atoms with Crippen molar-refractivity contribution in [3.05, 3.63) is 24.0 Å². The Hall–Kier alpha value is -1.78. The van der Waals surface area contributed by atoms with Gasteiger partial charge in [-0.1, -0.05) is 0 Å². The third-order valence-electron chi connectivity index (χ3n) is 3.48. The summed E-state index contributed by atoms with van der Waals surface area (Å²) in [4.78, 5) is 13.9. The Balaban J connectivity index is 2.09. The maximum absolute atomic E-state index is 13.6. The van der Waals surface area contributed by atoms with E-state index in [1.54, 1.807) is 4.90 Å². The van der Waals surface area contributed by atoms with Crippen LogP contribution in [0.4, 0.5) is 14.9 Å². The molecule has 1 unspecified atom stereocenters. The van der Waals surface area contributed by atoms with E-state index >= 15 is 0 Å². The number of likely N-dealkylation sites (tertiary alicyclic amines) is 1. The van der Waals surface area contributed by atoms with Crippen LogP contribution in [0, 0.1) is 5.82 Å². The lowest BCUT2D eigenvalue weighted by Crippen LogP contribution is -2.44. The van der Waals surface area contributed by atoms with Crippen molar-refractivity contribution in [2.75, 3.05) is 19.0 Å². The highest BCUT2D eigenvalue weighted by Gasteiger charge is 2.23. The fourth-order valence-corrected chi connectivity index (χ4v) is 2.31. The molecular weight excluding hydrogens is 247 g/mol. The average molecular weight is 266 g/mol. The number of methoxy groups -OCH3 is 1. The van der Waals surface area contributed by atoms with E-state index in [1.807, 2.05) is 6.92 Å². The summed E-state index contributed by atoms with van der Waals surface area (Å²) >= 11 is 0. The largest absolute Gasteiger partial charge is 0.497 e. The van der Waals surface area contributed by atoms with Crippen LogP contribution in [0.15, 0.2) is 18.2 Å². The lowest BCUT2D eigenvalue weighted by Gasteiger charge is -2.33. The monoisotopic (exact) mass is 266 g/mol. The molecule has 1 aliphatic rings. The number of rotatable bonds is 2. The number of amides is 2. The van der Waals surface area contributed by atoms with Gasteiger partial charge in [-0.15, -0.1) is 0 Å². The number of nitrogens with one attached hydrogen (secondary N) is 1. The molecule has 104 valence electrons.